The number of amides is 1. The van der Waals surface area contributed by atoms with Gasteiger partial charge in [0.25, 0.3) is 0 Å². The van der Waals surface area contributed by atoms with E-state index in [1.807, 2.05) is 20.8 Å². The number of hydrogen-bond acceptors (Lipinski definition) is 6. The van der Waals surface area contributed by atoms with Gasteiger partial charge in [-0.15, -0.1) is 12.8 Å². The van der Waals surface area contributed by atoms with Gasteiger partial charge in [0.1, 0.15) is 18.8 Å². The summed E-state index contributed by atoms with van der Waals surface area (Å²) in [7, 11) is 0. The summed E-state index contributed by atoms with van der Waals surface area (Å²) in [4.78, 5) is 13.8. The van der Waals surface area contributed by atoms with Crippen LogP contribution in [0.25, 0.3) is 0 Å². The van der Waals surface area contributed by atoms with Gasteiger partial charge in [0, 0.05) is 13.1 Å². The second-order valence-electron chi connectivity index (χ2n) is 6.21. The second kappa shape index (κ2) is 15.5. The van der Waals surface area contributed by atoms with Crippen molar-refractivity contribution in [2.24, 2.45) is 0 Å². The molecule has 0 fully saturated rings. The van der Waals surface area contributed by atoms with Crippen LogP contribution >= 0.6 is 0 Å². The summed E-state index contributed by atoms with van der Waals surface area (Å²) in [5.41, 5.74) is -0.566. The Hall–Kier alpha value is -1.77. The number of ether oxygens (including phenoxy) is 5. The largest absolute Gasteiger partial charge is 0.444 e. The standard InChI is InChI=1S/C19H31NO6/c1-6-10-22-14-16-24-12-8-20(18(21)26-19(3,4)5)9-13-25-17-15-23-11-7-2/h1-2H,8-17H2,3-5H3. The van der Waals surface area contributed by atoms with E-state index in [1.165, 1.54) is 0 Å². The van der Waals surface area contributed by atoms with Crippen LogP contribution in [-0.4, -0.2) is 82.5 Å². The van der Waals surface area contributed by atoms with Gasteiger partial charge in [-0.25, -0.2) is 4.79 Å². The Balaban J connectivity index is 4.12. The van der Waals surface area contributed by atoms with Crippen LogP contribution in [0.5, 0.6) is 0 Å². The fraction of sp³-hybridized carbons (Fsp3) is 0.737. The molecule has 0 radical (unpaired) electrons. The minimum Gasteiger partial charge on any atom is -0.444 e. The van der Waals surface area contributed by atoms with Gasteiger partial charge in [0.15, 0.2) is 0 Å². The summed E-state index contributed by atoms with van der Waals surface area (Å²) >= 11 is 0. The summed E-state index contributed by atoms with van der Waals surface area (Å²) in [6, 6.07) is 0. The van der Waals surface area contributed by atoms with Crippen LogP contribution in [0.4, 0.5) is 4.79 Å². The lowest BCUT2D eigenvalue weighted by Gasteiger charge is -2.27. The van der Waals surface area contributed by atoms with Crippen LogP contribution in [0, 0.1) is 24.7 Å². The third-order valence-corrected chi connectivity index (χ3v) is 2.78. The lowest BCUT2D eigenvalue weighted by Crippen LogP contribution is -2.40. The summed E-state index contributed by atoms with van der Waals surface area (Å²) < 4.78 is 26.5. The molecular weight excluding hydrogens is 338 g/mol. The molecule has 0 aliphatic carbocycles. The summed E-state index contributed by atoms with van der Waals surface area (Å²) in [6.07, 6.45) is 9.76. The van der Waals surface area contributed by atoms with Crippen molar-refractivity contribution in [3.63, 3.8) is 0 Å². The first-order valence-electron chi connectivity index (χ1n) is 8.56. The topological polar surface area (TPSA) is 66.5 Å². The molecule has 0 aromatic rings. The van der Waals surface area contributed by atoms with Crippen molar-refractivity contribution in [1.82, 2.24) is 4.90 Å². The minimum absolute atomic E-state index is 0.260. The highest BCUT2D eigenvalue weighted by Crippen LogP contribution is 2.09. The smallest absolute Gasteiger partial charge is 0.410 e. The van der Waals surface area contributed by atoms with Crippen LogP contribution in [-0.2, 0) is 23.7 Å². The van der Waals surface area contributed by atoms with Crippen molar-refractivity contribution < 1.29 is 28.5 Å². The van der Waals surface area contributed by atoms with Crippen LogP contribution in [0.15, 0.2) is 0 Å². The lowest BCUT2D eigenvalue weighted by molar-refractivity contribution is 0.00171. The van der Waals surface area contributed by atoms with E-state index in [2.05, 4.69) is 11.8 Å². The molecule has 0 aromatic heterocycles. The molecule has 0 spiro atoms. The average molecular weight is 369 g/mol. The molecule has 0 N–H and O–H groups in total. The fourth-order valence-corrected chi connectivity index (χ4v) is 1.67. The average Bonchev–Trinajstić information content (AvgIpc) is 2.56. The molecule has 26 heavy (non-hydrogen) atoms. The van der Waals surface area contributed by atoms with Crippen molar-refractivity contribution in [2.75, 3.05) is 65.9 Å². The van der Waals surface area contributed by atoms with Gasteiger partial charge in [-0.05, 0) is 20.8 Å². The number of nitrogens with zero attached hydrogens (tertiary/aromatic N) is 1. The molecule has 0 atom stereocenters. The van der Waals surface area contributed by atoms with Crippen LogP contribution in [0.2, 0.25) is 0 Å². The molecule has 1 amide bonds. The molecule has 7 heteroatoms. The predicted molar refractivity (Wildman–Crippen MR) is 98.7 cm³/mol. The third kappa shape index (κ3) is 15.7. The van der Waals surface area contributed by atoms with Gasteiger partial charge in [-0.1, -0.05) is 11.8 Å². The zero-order chi connectivity index (χ0) is 19.7. The van der Waals surface area contributed by atoms with E-state index in [1.54, 1.807) is 4.90 Å². The van der Waals surface area contributed by atoms with Gasteiger partial charge in [0.05, 0.1) is 39.6 Å². The lowest BCUT2D eigenvalue weighted by atomic mass is 10.2. The Bertz CT molecular complexity index is 418. The number of terminal acetylenes is 2. The number of hydrogen-bond donors (Lipinski definition) is 0. The normalized spacial score (nSPS) is 10.8. The highest BCUT2D eigenvalue weighted by atomic mass is 16.6. The van der Waals surface area contributed by atoms with E-state index in [0.717, 1.165) is 0 Å². The minimum atomic E-state index is -0.566. The fourth-order valence-electron chi connectivity index (χ4n) is 1.67. The first kappa shape index (κ1) is 24.2. The second-order valence-corrected chi connectivity index (χ2v) is 6.21. The maximum absolute atomic E-state index is 12.3. The van der Waals surface area contributed by atoms with Gasteiger partial charge in [-0.2, -0.15) is 0 Å². The molecule has 0 aliphatic rings. The highest BCUT2D eigenvalue weighted by molar-refractivity contribution is 5.68. The van der Waals surface area contributed by atoms with Crippen LogP contribution < -0.4 is 0 Å². The van der Waals surface area contributed by atoms with E-state index in [4.69, 9.17) is 36.5 Å². The summed E-state index contributed by atoms with van der Waals surface area (Å²) in [6.45, 7) is 9.14. The van der Waals surface area contributed by atoms with E-state index in [9.17, 15) is 4.79 Å². The molecule has 0 bridgehead atoms. The number of carbonyl (C=O) groups is 1. The van der Waals surface area contributed by atoms with Crippen molar-refractivity contribution in [1.29, 1.82) is 0 Å². The molecular formula is C19H31NO6. The van der Waals surface area contributed by atoms with Crippen molar-refractivity contribution in [2.45, 2.75) is 26.4 Å². The maximum Gasteiger partial charge on any atom is 0.410 e. The quantitative estimate of drug-likeness (QED) is 0.342. The van der Waals surface area contributed by atoms with Gasteiger partial charge < -0.3 is 28.6 Å². The molecule has 0 aromatic carbocycles. The number of carbonyl (C=O) groups excluding carboxylic acids is 1. The molecule has 148 valence electrons. The summed E-state index contributed by atoms with van der Waals surface area (Å²) in [5, 5.41) is 0. The Morgan fingerprint density at radius 2 is 1.23 bits per heavy atom. The van der Waals surface area contributed by atoms with E-state index in [-0.39, 0.29) is 13.2 Å². The molecule has 0 aliphatic heterocycles. The molecule has 0 heterocycles. The van der Waals surface area contributed by atoms with Crippen molar-refractivity contribution in [3.8, 4) is 24.7 Å². The van der Waals surface area contributed by atoms with Gasteiger partial charge >= 0.3 is 6.09 Å². The van der Waals surface area contributed by atoms with E-state index < -0.39 is 11.7 Å². The zero-order valence-corrected chi connectivity index (χ0v) is 16.1. The monoisotopic (exact) mass is 369 g/mol. The zero-order valence-electron chi connectivity index (χ0n) is 16.1. The van der Waals surface area contributed by atoms with Crippen LogP contribution in [0.3, 0.4) is 0 Å². The van der Waals surface area contributed by atoms with Crippen LogP contribution in [0.1, 0.15) is 20.8 Å². The number of rotatable bonds is 14. The molecule has 0 rings (SSSR count). The van der Waals surface area contributed by atoms with Gasteiger partial charge in [-0.3, -0.25) is 0 Å². The first-order chi connectivity index (χ1) is 12.4. The Morgan fingerprint density at radius 3 is 1.62 bits per heavy atom. The Morgan fingerprint density at radius 1 is 0.808 bits per heavy atom. The Labute approximate surface area is 157 Å². The molecule has 0 saturated carbocycles. The first-order valence-corrected chi connectivity index (χ1v) is 8.56. The third-order valence-electron chi connectivity index (χ3n) is 2.78. The van der Waals surface area contributed by atoms with Crippen molar-refractivity contribution in [3.05, 3.63) is 0 Å². The summed E-state index contributed by atoms with van der Waals surface area (Å²) in [5.74, 6) is 4.76. The highest BCUT2D eigenvalue weighted by Gasteiger charge is 2.21. The molecule has 0 unspecified atom stereocenters. The predicted octanol–water partition coefficient (Wildman–Crippen LogP) is 1.56. The van der Waals surface area contributed by atoms with Gasteiger partial charge in [0.2, 0.25) is 0 Å². The maximum atomic E-state index is 12.3. The van der Waals surface area contributed by atoms with Crippen molar-refractivity contribution >= 4 is 6.09 Å². The molecule has 7 nitrogen and oxygen atoms in total. The molecule has 0 saturated heterocycles. The van der Waals surface area contributed by atoms with E-state index in [0.29, 0.717) is 52.7 Å². The van der Waals surface area contributed by atoms with E-state index >= 15 is 0 Å². The SMILES string of the molecule is C#CCOCCOCCN(CCOCCOCC#C)C(=O)OC(C)(C)C. The Kier molecular flexibility index (Phi) is 14.4.